The first-order chi connectivity index (χ1) is 18.1. The molecule has 7 heteroatoms. The summed E-state index contributed by atoms with van der Waals surface area (Å²) in [6.07, 6.45) is 6.16. The third kappa shape index (κ3) is 3.73. The third-order valence-corrected chi connectivity index (χ3v) is 7.71. The number of fused-ring (bicyclic) bond motifs is 3. The molecule has 2 aliphatic carbocycles. The summed E-state index contributed by atoms with van der Waals surface area (Å²) < 4.78 is 7.15. The van der Waals surface area contributed by atoms with Crippen LogP contribution in [-0.4, -0.2) is 24.7 Å². The van der Waals surface area contributed by atoms with E-state index in [0.717, 1.165) is 47.5 Å². The summed E-state index contributed by atoms with van der Waals surface area (Å²) >= 11 is 0. The molecule has 2 aliphatic rings. The van der Waals surface area contributed by atoms with E-state index in [4.69, 9.17) is 14.5 Å². The number of aromatic amines is 1. The van der Waals surface area contributed by atoms with Crippen LogP contribution in [0.25, 0.3) is 22.3 Å². The van der Waals surface area contributed by atoms with Crippen LogP contribution in [0.4, 0.5) is 0 Å². The maximum atomic E-state index is 11.7. The van der Waals surface area contributed by atoms with Crippen molar-refractivity contribution in [1.82, 2.24) is 24.7 Å². The van der Waals surface area contributed by atoms with E-state index in [-0.39, 0.29) is 0 Å². The van der Waals surface area contributed by atoms with Gasteiger partial charge in [-0.3, -0.25) is 9.51 Å². The minimum Gasteiger partial charge on any atom is -0.308 e. The van der Waals surface area contributed by atoms with Crippen LogP contribution in [0, 0.1) is 6.92 Å². The van der Waals surface area contributed by atoms with Crippen molar-refractivity contribution in [3.05, 3.63) is 110 Å². The van der Waals surface area contributed by atoms with E-state index in [1.807, 2.05) is 19.2 Å². The first-order valence-corrected chi connectivity index (χ1v) is 12.9. The second-order valence-corrected chi connectivity index (χ2v) is 10.2. The molecule has 0 unspecified atom stereocenters. The summed E-state index contributed by atoms with van der Waals surface area (Å²) in [6.45, 7) is 4.85. The van der Waals surface area contributed by atoms with Crippen LogP contribution in [0.5, 0.6) is 0 Å². The molecule has 3 aromatic heterocycles. The van der Waals surface area contributed by atoms with Crippen molar-refractivity contribution in [3.8, 4) is 0 Å². The van der Waals surface area contributed by atoms with Gasteiger partial charge in [0.25, 0.3) is 0 Å². The number of nitrogens with zero attached hydrogens (tertiary/aromatic N) is 4. The van der Waals surface area contributed by atoms with Gasteiger partial charge in [-0.25, -0.2) is 14.8 Å². The number of allylic oxidation sites excluding steroid dienone is 1. The van der Waals surface area contributed by atoms with Crippen LogP contribution in [0.15, 0.2) is 64.0 Å². The quantitative estimate of drug-likeness (QED) is 0.364. The third-order valence-electron chi connectivity index (χ3n) is 7.71. The molecule has 0 aliphatic heterocycles. The first kappa shape index (κ1) is 22.0. The average Bonchev–Trinajstić information content (AvgIpc) is 3.59. The van der Waals surface area contributed by atoms with Crippen LogP contribution in [0.3, 0.4) is 0 Å². The highest BCUT2D eigenvalue weighted by molar-refractivity contribution is 5.98. The molecule has 184 valence electrons. The topological polar surface area (TPSA) is 89.6 Å². The fraction of sp³-hybridized carbons (Fsp3) is 0.267. The molecule has 2 aromatic carbocycles. The number of hydrogen-bond donors (Lipinski definition) is 1. The zero-order valence-corrected chi connectivity index (χ0v) is 20.9. The molecule has 1 N–H and O–H groups in total. The molecule has 37 heavy (non-hydrogen) atoms. The van der Waals surface area contributed by atoms with E-state index in [0.29, 0.717) is 11.7 Å². The Morgan fingerprint density at radius 2 is 1.89 bits per heavy atom. The molecule has 0 bridgehead atoms. The Morgan fingerprint density at radius 1 is 1.08 bits per heavy atom. The summed E-state index contributed by atoms with van der Waals surface area (Å²) in [6, 6.07) is 17.3. The van der Waals surface area contributed by atoms with Crippen LogP contribution < -0.4 is 5.76 Å². The molecule has 0 saturated heterocycles. The van der Waals surface area contributed by atoms with Crippen LogP contribution in [-0.2, 0) is 19.4 Å². The number of aryl methyl sites for hydroxylation is 3. The van der Waals surface area contributed by atoms with Crippen molar-refractivity contribution in [2.24, 2.45) is 0 Å². The van der Waals surface area contributed by atoms with Crippen LogP contribution in [0.1, 0.15) is 70.7 Å². The summed E-state index contributed by atoms with van der Waals surface area (Å²) in [5.41, 5.74) is 11.3. The van der Waals surface area contributed by atoms with Gasteiger partial charge >= 0.3 is 5.76 Å². The van der Waals surface area contributed by atoms with Crippen molar-refractivity contribution in [2.45, 2.75) is 52.0 Å². The molecule has 1 fully saturated rings. The number of benzene rings is 2. The molecule has 0 radical (unpaired) electrons. The zero-order valence-electron chi connectivity index (χ0n) is 20.9. The lowest BCUT2D eigenvalue weighted by Gasteiger charge is -2.16. The second kappa shape index (κ2) is 8.40. The highest BCUT2D eigenvalue weighted by Crippen LogP contribution is 2.42. The largest absolute Gasteiger partial charge is 0.439 e. The molecule has 0 spiro atoms. The number of nitrogens with one attached hydrogen (secondary N) is 1. The summed E-state index contributed by atoms with van der Waals surface area (Å²) in [5.74, 6) is 1.61. The van der Waals surface area contributed by atoms with Gasteiger partial charge in [-0.2, -0.15) is 0 Å². The predicted molar refractivity (Wildman–Crippen MR) is 142 cm³/mol. The molecule has 7 rings (SSSR count). The van der Waals surface area contributed by atoms with Crippen LogP contribution in [0.2, 0.25) is 0 Å². The Bertz CT molecular complexity index is 1770. The summed E-state index contributed by atoms with van der Waals surface area (Å²) in [5, 5.41) is 3.98. The molecular formula is C30H27N5O2. The van der Waals surface area contributed by atoms with Crippen molar-refractivity contribution >= 4 is 22.3 Å². The predicted octanol–water partition coefficient (Wildman–Crippen LogP) is 5.42. The highest BCUT2D eigenvalue weighted by Gasteiger charge is 2.30. The standard InChI is InChI=1S/C30H27N5O2/c1-17-13-14-31-29-26(17)32-28(21-9-10-21)35(29)16-19-7-12-24-22(15-19)11-8-20-5-3-4-6-23(20)25(24)18(2)27-33-30(36)37-34-27/h3-7,12-15,21H,8-11,16H2,1-2H3,(H,33,34,36)/b25-18+. The average molecular weight is 490 g/mol. The molecule has 7 nitrogen and oxygen atoms in total. The van der Waals surface area contributed by atoms with E-state index in [1.54, 1.807) is 0 Å². The van der Waals surface area contributed by atoms with Gasteiger partial charge in [0.05, 0.1) is 6.54 Å². The van der Waals surface area contributed by atoms with E-state index in [1.165, 1.54) is 46.2 Å². The number of hydrogen-bond acceptors (Lipinski definition) is 5. The maximum absolute atomic E-state index is 11.7. The van der Waals surface area contributed by atoms with Gasteiger partial charge < -0.3 is 4.57 Å². The van der Waals surface area contributed by atoms with Gasteiger partial charge in [0.1, 0.15) is 11.3 Å². The Balaban J connectivity index is 1.36. The molecule has 3 heterocycles. The van der Waals surface area contributed by atoms with Gasteiger partial charge in [-0.15, -0.1) is 0 Å². The lowest BCUT2D eigenvalue weighted by atomic mass is 9.89. The molecular weight excluding hydrogens is 462 g/mol. The second-order valence-electron chi connectivity index (χ2n) is 10.2. The summed E-state index contributed by atoms with van der Waals surface area (Å²) in [4.78, 5) is 24.2. The Morgan fingerprint density at radius 3 is 2.70 bits per heavy atom. The Hall–Kier alpha value is -4.26. The van der Waals surface area contributed by atoms with E-state index in [9.17, 15) is 4.79 Å². The van der Waals surface area contributed by atoms with E-state index < -0.39 is 5.76 Å². The monoisotopic (exact) mass is 489 g/mol. The lowest BCUT2D eigenvalue weighted by Crippen LogP contribution is -2.06. The number of aromatic nitrogens is 5. The Kier molecular flexibility index (Phi) is 4.99. The van der Waals surface area contributed by atoms with Gasteiger partial charge in [-0.05, 0) is 84.6 Å². The van der Waals surface area contributed by atoms with E-state index >= 15 is 0 Å². The number of H-pyrrole nitrogens is 1. The fourth-order valence-corrected chi connectivity index (χ4v) is 5.65. The van der Waals surface area contributed by atoms with Gasteiger partial charge in [-0.1, -0.05) is 47.6 Å². The Labute approximate surface area is 213 Å². The molecule has 5 aromatic rings. The smallest absolute Gasteiger partial charge is 0.308 e. The first-order valence-electron chi connectivity index (χ1n) is 12.9. The highest BCUT2D eigenvalue weighted by atomic mass is 16.5. The summed E-state index contributed by atoms with van der Waals surface area (Å²) in [7, 11) is 0. The number of rotatable bonds is 4. The minimum absolute atomic E-state index is 0.465. The normalized spacial score (nSPS) is 16.4. The minimum atomic E-state index is -0.546. The fourth-order valence-electron chi connectivity index (χ4n) is 5.65. The molecule has 0 amide bonds. The van der Waals surface area contributed by atoms with Crippen molar-refractivity contribution in [3.63, 3.8) is 0 Å². The zero-order chi connectivity index (χ0) is 25.1. The maximum Gasteiger partial charge on any atom is 0.439 e. The van der Waals surface area contributed by atoms with Crippen molar-refractivity contribution in [1.29, 1.82) is 0 Å². The lowest BCUT2D eigenvalue weighted by molar-refractivity contribution is 0.385. The molecule has 0 atom stereocenters. The van der Waals surface area contributed by atoms with Crippen molar-refractivity contribution < 1.29 is 4.52 Å². The number of imidazole rings is 1. The van der Waals surface area contributed by atoms with Gasteiger partial charge in [0, 0.05) is 17.7 Å². The van der Waals surface area contributed by atoms with Crippen molar-refractivity contribution in [2.75, 3.05) is 0 Å². The molecule has 1 saturated carbocycles. The van der Waals surface area contributed by atoms with E-state index in [2.05, 4.69) is 64.1 Å². The number of pyridine rings is 1. The van der Waals surface area contributed by atoms with Gasteiger partial charge in [0.2, 0.25) is 0 Å². The SMILES string of the molecule is C/C(=C1/c2ccccc2CCc2cc(Cn3c(C4CC4)nc4c(C)ccnc43)ccc21)c1noc(=O)[nH]1. The van der Waals surface area contributed by atoms with Crippen LogP contribution >= 0.6 is 0 Å². The van der Waals surface area contributed by atoms with Gasteiger partial charge in [0.15, 0.2) is 11.5 Å².